The third-order valence-corrected chi connectivity index (χ3v) is 0. The van der Waals surface area contributed by atoms with Gasteiger partial charge in [0.1, 0.15) is 0 Å². The molecule has 0 aliphatic heterocycles. The van der Waals surface area contributed by atoms with Crippen LogP contribution in [0.25, 0.3) is 0 Å². The Balaban J connectivity index is -0.00000000167. The molecule has 0 rings (SSSR count). The zero-order valence-corrected chi connectivity index (χ0v) is 8.39. The van der Waals surface area contributed by atoms with Crippen LogP contribution in [0, 0.1) is 11.8 Å². The Kier molecular flexibility index (Phi) is 346. The predicted molar refractivity (Wildman–Crippen MR) is 4.97 cm³/mol. The van der Waals surface area contributed by atoms with Crippen molar-refractivity contribution in [3.63, 3.8) is 0 Å². The molecule has 0 spiro atoms. The Bertz CT molecular complexity index is 16.4. The van der Waals surface area contributed by atoms with Gasteiger partial charge >= 0.3 is 0 Å². The summed E-state index contributed by atoms with van der Waals surface area (Å²) in [5.74, 6) is 0. The number of hydrogen-bond acceptors (Lipinski definition) is 1. The van der Waals surface area contributed by atoms with Crippen LogP contribution in [0.5, 0.6) is 0 Å². The summed E-state index contributed by atoms with van der Waals surface area (Å²) in [4.78, 5) is 0. The molecule has 0 aromatic carbocycles. The maximum Gasteiger partial charge on any atom is 0 e. The minimum atomic E-state index is 0. The first-order valence-corrected chi connectivity index (χ1v) is 0.224. The second kappa shape index (κ2) is 53.4. The fraction of sp³-hybridized carbons (Fsp3) is 0. The van der Waals surface area contributed by atoms with Crippen molar-refractivity contribution in [2.75, 3.05) is 0 Å². The van der Waals surface area contributed by atoms with Crippen molar-refractivity contribution >= 4 is 0 Å². The van der Waals surface area contributed by atoms with Gasteiger partial charge in [-0.15, -0.1) is 0 Å². The van der Waals surface area contributed by atoms with Crippen molar-refractivity contribution in [1.29, 1.82) is 5.26 Å². The molecule has 0 bridgehead atoms. The molecule has 4 heteroatoms. The summed E-state index contributed by atoms with van der Waals surface area (Å²) < 4.78 is 0. The molecule has 0 atom stereocenters. The molecule has 0 radical (unpaired) electrons. The summed E-state index contributed by atoms with van der Waals surface area (Å²) in [6, 6.07) is 0. The average molecular weight is 358 g/mol. The first kappa shape index (κ1) is 32.4. The fourth-order valence-corrected chi connectivity index (χ4v) is 0. The molecule has 1 nitrogen and oxygen atoms in total. The average Bonchev–Trinajstić information content (AvgIpc) is 1.00. The van der Waals surface area contributed by atoms with Crippen LogP contribution in [0.1, 0.15) is 0 Å². The minimum absolute atomic E-state index is 0. The third kappa shape index (κ3) is 31.9. The zero-order chi connectivity index (χ0) is 2.00. The van der Waals surface area contributed by atoms with Gasteiger partial charge in [-0.1, -0.05) is 0 Å². The molecular weight excluding hydrogens is 358 g/mol. The Hall–Kier alpha value is 1.40. The SMILES string of the molecule is [C-]#N.[Cr].[Mo].[W]. The monoisotopic (exact) mass is 360 g/mol. The molecule has 0 unspecified atom stereocenters. The van der Waals surface area contributed by atoms with Gasteiger partial charge in [0.15, 0.2) is 0 Å². The molecular formula is CCrMoNW-. The van der Waals surface area contributed by atoms with E-state index in [1.807, 2.05) is 0 Å². The third-order valence-electron chi connectivity index (χ3n) is 0. The summed E-state index contributed by atoms with van der Waals surface area (Å²) in [7, 11) is 0. The van der Waals surface area contributed by atoms with Crippen LogP contribution in [0.3, 0.4) is 0 Å². The largest absolute Gasteiger partial charge is 0.512 e. The van der Waals surface area contributed by atoms with E-state index in [0.29, 0.717) is 0 Å². The summed E-state index contributed by atoms with van der Waals surface area (Å²) in [6.07, 6.45) is 0. The van der Waals surface area contributed by atoms with Crippen molar-refractivity contribution < 1.29 is 59.5 Å². The van der Waals surface area contributed by atoms with Crippen molar-refractivity contribution in [1.82, 2.24) is 0 Å². The van der Waals surface area contributed by atoms with Crippen LogP contribution in [0.15, 0.2) is 0 Å². The topological polar surface area (TPSA) is 23.8 Å². The van der Waals surface area contributed by atoms with Crippen LogP contribution in [-0.2, 0) is 59.5 Å². The molecule has 0 fully saturated rings. The van der Waals surface area contributed by atoms with Gasteiger partial charge < -0.3 is 11.8 Å². The van der Waals surface area contributed by atoms with Crippen LogP contribution in [0.2, 0.25) is 0 Å². The van der Waals surface area contributed by atoms with Gasteiger partial charge in [0.05, 0.1) is 0 Å². The molecule has 0 amide bonds. The van der Waals surface area contributed by atoms with E-state index in [9.17, 15) is 0 Å². The summed E-state index contributed by atoms with van der Waals surface area (Å²) >= 11 is 0. The standard InChI is InChI=1S/CN.Cr.Mo.W/c1-2;;;/q-1;;;. The van der Waals surface area contributed by atoms with E-state index >= 15 is 0 Å². The van der Waals surface area contributed by atoms with Crippen molar-refractivity contribution in [3.05, 3.63) is 6.57 Å². The predicted octanol–water partition coefficient (Wildman–Crippen LogP) is 0.0889. The molecule has 0 aliphatic rings. The maximum absolute atomic E-state index is 6.25. The molecule has 0 heterocycles. The minimum Gasteiger partial charge on any atom is -0.512 e. The van der Waals surface area contributed by atoms with Crippen LogP contribution in [-0.4, -0.2) is 0 Å². The molecule has 0 saturated carbocycles. The van der Waals surface area contributed by atoms with E-state index in [0.717, 1.165) is 0 Å². The second-order valence-corrected chi connectivity index (χ2v) is 0. The summed E-state index contributed by atoms with van der Waals surface area (Å²) in [5, 5.41) is 6.25. The van der Waals surface area contributed by atoms with Gasteiger partial charge in [0, 0.05) is 59.5 Å². The van der Waals surface area contributed by atoms with E-state index in [1.54, 1.807) is 0 Å². The Morgan fingerprint density at radius 1 is 1.20 bits per heavy atom. The first-order valence-electron chi connectivity index (χ1n) is 0.224. The Morgan fingerprint density at radius 2 is 1.20 bits per heavy atom. The quantitative estimate of drug-likeness (QED) is 0.445. The molecule has 0 aromatic heterocycles. The van der Waals surface area contributed by atoms with Crippen LogP contribution < -0.4 is 0 Å². The van der Waals surface area contributed by atoms with Gasteiger partial charge in [0.2, 0.25) is 0 Å². The van der Waals surface area contributed by atoms with Crippen LogP contribution >= 0.6 is 0 Å². The Morgan fingerprint density at radius 3 is 1.20 bits per heavy atom. The van der Waals surface area contributed by atoms with Gasteiger partial charge in [-0.3, -0.25) is 0 Å². The molecule has 5 heavy (non-hydrogen) atoms. The normalized spacial score (nSPS) is 0.400. The smallest absolute Gasteiger partial charge is 0 e. The summed E-state index contributed by atoms with van der Waals surface area (Å²) in [6.45, 7) is 4.75. The van der Waals surface area contributed by atoms with Crippen LogP contribution in [0.4, 0.5) is 0 Å². The number of rotatable bonds is 0. The van der Waals surface area contributed by atoms with E-state index in [1.165, 1.54) is 0 Å². The van der Waals surface area contributed by atoms with Gasteiger partial charge in [-0.2, -0.15) is 0 Å². The number of nitrogens with zero attached hydrogens (tertiary/aromatic N) is 1. The molecule has 0 aliphatic carbocycles. The second-order valence-electron chi connectivity index (χ2n) is 0. The molecule has 0 N–H and O–H groups in total. The van der Waals surface area contributed by atoms with E-state index in [2.05, 4.69) is 0 Å². The van der Waals surface area contributed by atoms with Crippen molar-refractivity contribution in [2.24, 2.45) is 0 Å². The van der Waals surface area contributed by atoms with Crippen molar-refractivity contribution in [2.45, 2.75) is 0 Å². The number of hydrogen-bond donors (Lipinski definition) is 0. The fourth-order valence-electron chi connectivity index (χ4n) is 0. The Labute approximate surface area is 70.8 Å². The molecule has 0 saturated heterocycles. The van der Waals surface area contributed by atoms with E-state index in [-0.39, 0.29) is 59.5 Å². The van der Waals surface area contributed by atoms with Gasteiger partial charge in [-0.05, 0) is 0 Å². The zero-order valence-electron chi connectivity index (χ0n) is 2.17. The van der Waals surface area contributed by atoms with Gasteiger partial charge in [-0.25, -0.2) is 0 Å². The van der Waals surface area contributed by atoms with E-state index in [4.69, 9.17) is 11.8 Å². The van der Waals surface area contributed by atoms with Gasteiger partial charge in [0.25, 0.3) is 0 Å². The van der Waals surface area contributed by atoms with Crippen molar-refractivity contribution in [3.8, 4) is 0 Å². The first-order chi connectivity index (χ1) is 1.00. The summed E-state index contributed by atoms with van der Waals surface area (Å²) in [5.41, 5.74) is 0. The van der Waals surface area contributed by atoms with E-state index < -0.39 is 0 Å². The maximum atomic E-state index is 6.25. The molecule has 0 aromatic rings. The molecule has 28 valence electrons.